The van der Waals surface area contributed by atoms with Crippen LogP contribution >= 0.6 is 0 Å². The third-order valence-electron chi connectivity index (χ3n) is 4.33. The lowest BCUT2D eigenvalue weighted by Crippen LogP contribution is -2.27. The van der Waals surface area contributed by atoms with Gasteiger partial charge in [-0.2, -0.15) is 0 Å². The number of hydrogen-bond donors (Lipinski definition) is 1. The molecule has 2 aliphatic carbocycles. The summed E-state index contributed by atoms with van der Waals surface area (Å²) in [7, 11) is 0. The van der Waals surface area contributed by atoms with E-state index in [-0.39, 0.29) is 5.54 Å². The molecule has 0 bridgehead atoms. The van der Waals surface area contributed by atoms with E-state index in [9.17, 15) is 0 Å². The molecule has 1 heteroatoms. The molecule has 0 radical (unpaired) electrons. The predicted octanol–water partition coefficient (Wildman–Crippen LogP) is 3.33. The van der Waals surface area contributed by atoms with Crippen LogP contribution in [0.4, 0.5) is 0 Å². The SMILES string of the molecule is CC(C)CCC1(N)CC1C1CCCC1. The molecule has 0 saturated heterocycles. The molecule has 0 heterocycles. The Kier molecular flexibility index (Phi) is 2.88. The lowest BCUT2D eigenvalue weighted by molar-refractivity contribution is 0.389. The normalized spacial score (nSPS) is 38.1. The summed E-state index contributed by atoms with van der Waals surface area (Å²) in [5.74, 6) is 2.70. The van der Waals surface area contributed by atoms with E-state index >= 15 is 0 Å². The highest BCUT2D eigenvalue weighted by Gasteiger charge is 2.53. The molecule has 2 saturated carbocycles. The maximum absolute atomic E-state index is 6.42. The van der Waals surface area contributed by atoms with Gasteiger partial charge in [-0.05, 0) is 37.0 Å². The van der Waals surface area contributed by atoms with Gasteiger partial charge >= 0.3 is 0 Å². The Bertz CT molecular complexity index is 193. The first-order valence-electron chi connectivity index (χ1n) is 6.41. The smallest absolute Gasteiger partial charge is 0.0189 e. The van der Waals surface area contributed by atoms with Crippen LogP contribution in [0.15, 0.2) is 0 Å². The molecule has 1 nitrogen and oxygen atoms in total. The van der Waals surface area contributed by atoms with E-state index in [1.165, 1.54) is 44.9 Å². The largest absolute Gasteiger partial charge is 0.325 e. The van der Waals surface area contributed by atoms with Gasteiger partial charge < -0.3 is 5.73 Å². The van der Waals surface area contributed by atoms with Gasteiger partial charge in [-0.25, -0.2) is 0 Å². The fourth-order valence-electron chi connectivity index (χ4n) is 3.19. The molecule has 0 spiro atoms. The molecule has 0 aromatic heterocycles. The average Bonchev–Trinajstić information content (AvgIpc) is 2.63. The number of hydrogen-bond acceptors (Lipinski definition) is 1. The Morgan fingerprint density at radius 1 is 1.29 bits per heavy atom. The maximum atomic E-state index is 6.42. The molecule has 2 fully saturated rings. The summed E-state index contributed by atoms with van der Waals surface area (Å²) in [5.41, 5.74) is 6.68. The summed E-state index contributed by atoms with van der Waals surface area (Å²) < 4.78 is 0. The van der Waals surface area contributed by atoms with E-state index in [1.54, 1.807) is 0 Å². The molecule has 2 aliphatic rings. The molecular weight excluding hydrogens is 170 g/mol. The van der Waals surface area contributed by atoms with Crippen molar-refractivity contribution in [3.63, 3.8) is 0 Å². The molecule has 2 atom stereocenters. The monoisotopic (exact) mass is 195 g/mol. The standard InChI is InChI=1S/C13H25N/c1-10(2)7-8-13(14)9-12(13)11-5-3-4-6-11/h10-12H,3-9,14H2,1-2H3. The van der Waals surface area contributed by atoms with Gasteiger partial charge in [-0.1, -0.05) is 39.5 Å². The van der Waals surface area contributed by atoms with Crippen molar-refractivity contribution in [2.24, 2.45) is 23.5 Å². The third kappa shape index (κ3) is 2.13. The fourth-order valence-corrected chi connectivity index (χ4v) is 3.19. The molecule has 0 aromatic carbocycles. The first kappa shape index (κ1) is 10.5. The van der Waals surface area contributed by atoms with Gasteiger partial charge in [0.15, 0.2) is 0 Å². The second-order valence-electron chi connectivity index (χ2n) is 6.02. The van der Waals surface area contributed by atoms with E-state index in [1.807, 2.05) is 0 Å². The van der Waals surface area contributed by atoms with Gasteiger partial charge in [0.1, 0.15) is 0 Å². The van der Waals surface area contributed by atoms with E-state index in [0.29, 0.717) is 0 Å². The van der Waals surface area contributed by atoms with Crippen molar-refractivity contribution in [3.05, 3.63) is 0 Å². The number of nitrogens with two attached hydrogens (primary N) is 1. The zero-order valence-electron chi connectivity index (χ0n) is 9.76. The molecule has 2 rings (SSSR count). The van der Waals surface area contributed by atoms with Crippen LogP contribution in [0.5, 0.6) is 0 Å². The van der Waals surface area contributed by atoms with Gasteiger partial charge in [0.25, 0.3) is 0 Å². The Morgan fingerprint density at radius 3 is 2.50 bits per heavy atom. The third-order valence-corrected chi connectivity index (χ3v) is 4.33. The van der Waals surface area contributed by atoms with Gasteiger partial charge in [-0.3, -0.25) is 0 Å². The molecule has 82 valence electrons. The fraction of sp³-hybridized carbons (Fsp3) is 1.00. The zero-order valence-corrected chi connectivity index (χ0v) is 9.76. The zero-order chi connectivity index (χ0) is 10.2. The summed E-state index contributed by atoms with van der Waals surface area (Å²) in [6, 6.07) is 0. The van der Waals surface area contributed by atoms with Crippen LogP contribution < -0.4 is 5.73 Å². The van der Waals surface area contributed by atoms with Crippen LogP contribution in [0.2, 0.25) is 0 Å². The van der Waals surface area contributed by atoms with Crippen LogP contribution in [0.1, 0.15) is 58.8 Å². The lowest BCUT2D eigenvalue weighted by Gasteiger charge is -2.16. The predicted molar refractivity (Wildman–Crippen MR) is 61.1 cm³/mol. The Balaban J connectivity index is 1.77. The molecule has 0 aliphatic heterocycles. The van der Waals surface area contributed by atoms with Crippen LogP contribution in [-0.2, 0) is 0 Å². The summed E-state index contributed by atoms with van der Waals surface area (Å²) >= 11 is 0. The molecule has 14 heavy (non-hydrogen) atoms. The van der Waals surface area contributed by atoms with Crippen molar-refractivity contribution in [3.8, 4) is 0 Å². The molecular formula is C13H25N. The highest BCUT2D eigenvalue weighted by Crippen LogP contribution is 2.54. The number of rotatable bonds is 4. The average molecular weight is 195 g/mol. The van der Waals surface area contributed by atoms with E-state index < -0.39 is 0 Å². The Morgan fingerprint density at radius 2 is 1.93 bits per heavy atom. The van der Waals surface area contributed by atoms with Gasteiger partial charge in [0.2, 0.25) is 0 Å². The maximum Gasteiger partial charge on any atom is 0.0189 e. The second kappa shape index (κ2) is 3.84. The molecule has 2 N–H and O–H groups in total. The first-order chi connectivity index (χ1) is 6.62. The second-order valence-corrected chi connectivity index (χ2v) is 6.02. The quantitative estimate of drug-likeness (QED) is 0.731. The highest BCUT2D eigenvalue weighted by atomic mass is 14.9. The van der Waals surface area contributed by atoms with Gasteiger partial charge in [-0.15, -0.1) is 0 Å². The van der Waals surface area contributed by atoms with Crippen molar-refractivity contribution in [1.82, 2.24) is 0 Å². The topological polar surface area (TPSA) is 26.0 Å². The minimum Gasteiger partial charge on any atom is -0.325 e. The van der Waals surface area contributed by atoms with Crippen molar-refractivity contribution in [2.45, 2.75) is 64.3 Å². The van der Waals surface area contributed by atoms with E-state index in [4.69, 9.17) is 5.73 Å². The molecule has 0 amide bonds. The summed E-state index contributed by atoms with van der Waals surface area (Å²) in [4.78, 5) is 0. The minimum absolute atomic E-state index is 0.263. The summed E-state index contributed by atoms with van der Waals surface area (Å²) in [6.07, 6.45) is 9.76. The van der Waals surface area contributed by atoms with Crippen molar-refractivity contribution >= 4 is 0 Å². The first-order valence-corrected chi connectivity index (χ1v) is 6.41. The van der Waals surface area contributed by atoms with Crippen molar-refractivity contribution in [1.29, 1.82) is 0 Å². The minimum atomic E-state index is 0.263. The summed E-state index contributed by atoms with van der Waals surface area (Å²) in [6.45, 7) is 4.60. The Hall–Kier alpha value is -0.0400. The van der Waals surface area contributed by atoms with E-state index in [0.717, 1.165) is 17.8 Å². The van der Waals surface area contributed by atoms with E-state index in [2.05, 4.69) is 13.8 Å². The molecule has 2 unspecified atom stereocenters. The van der Waals surface area contributed by atoms with Gasteiger partial charge in [0, 0.05) is 5.54 Å². The van der Waals surface area contributed by atoms with Crippen LogP contribution in [0.3, 0.4) is 0 Å². The van der Waals surface area contributed by atoms with Crippen LogP contribution in [0, 0.1) is 17.8 Å². The Labute approximate surface area is 88.4 Å². The van der Waals surface area contributed by atoms with Gasteiger partial charge in [0.05, 0.1) is 0 Å². The van der Waals surface area contributed by atoms with Crippen molar-refractivity contribution < 1.29 is 0 Å². The highest BCUT2D eigenvalue weighted by molar-refractivity contribution is 5.10. The lowest BCUT2D eigenvalue weighted by atomic mass is 9.94. The van der Waals surface area contributed by atoms with Crippen LogP contribution in [0.25, 0.3) is 0 Å². The van der Waals surface area contributed by atoms with Crippen molar-refractivity contribution in [2.75, 3.05) is 0 Å². The molecule has 0 aromatic rings. The summed E-state index contributed by atoms with van der Waals surface area (Å²) in [5, 5.41) is 0. The van der Waals surface area contributed by atoms with Crippen LogP contribution in [-0.4, -0.2) is 5.54 Å².